The van der Waals surface area contributed by atoms with Crippen LogP contribution < -0.4 is 10.5 Å². The molecule has 0 bridgehead atoms. The molecule has 0 saturated carbocycles. The van der Waals surface area contributed by atoms with Crippen LogP contribution >= 0.6 is 12.4 Å². The topological polar surface area (TPSA) is 55.6 Å². The van der Waals surface area contributed by atoms with Gasteiger partial charge in [-0.1, -0.05) is 0 Å². The average molecular weight is 303 g/mol. The molecule has 1 aromatic rings. The van der Waals surface area contributed by atoms with Crippen LogP contribution in [-0.2, 0) is 0 Å². The summed E-state index contributed by atoms with van der Waals surface area (Å²) in [5, 5.41) is 0. The molecule has 0 aliphatic carbocycles. The number of likely N-dealkylation sites (tertiary alicyclic amines) is 1. The number of hydrogen-bond acceptors (Lipinski definition) is 3. The first-order valence-electron chi connectivity index (χ1n) is 6.41. The van der Waals surface area contributed by atoms with E-state index >= 15 is 0 Å². The number of amides is 1. The number of benzene rings is 1. The molecule has 2 atom stereocenters. The average Bonchev–Trinajstić information content (AvgIpc) is 2.87. The van der Waals surface area contributed by atoms with Gasteiger partial charge < -0.3 is 15.4 Å². The van der Waals surface area contributed by atoms with Gasteiger partial charge in [-0.2, -0.15) is 0 Å². The van der Waals surface area contributed by atoms with Crippen LogP contribution in [0.15, 0.2) is 18.2 Å². The monoisotopic (exact) mass is 302 g/mol. The van der Waals surface area contributed by atoms with E-state index in [-0.39, 0.29) is 29.9 Å². The number of nitrogens with zero attached hydrogens (tertiary/aromatic N) is 1. The van der Waals surface area contributed by atoms with Crippen molar-refractivity contribution < 1.29 is 13.9 Å². The van der Waals surface area contributed by atoms with Crippen molar-refractivity contribution >= 4 is 18.3 Å². The minimum absolute atomic E-state index is 0. The van der Waals surface area contributed by atoms with Gasteiger partial charge >= 0.3 is 0 Å². The summed E-state index contributed by atoms with van der Waals surface area (Å²) in [6.45, 7) is 3.17. The third-order valence-corrected chi connectivity index (χ3v) is 3.66. The minimum Gasteiger partial charge on any atom is -0.497 e. The predicted molar refractivity (Wildman–Crippen MR) is 77.9 cm³/mol. The van der Waals surface area contributed by atoms with Crippen molar-refractivity contribution in [2.45, 2.75) is 19.4 Å². The van der Waals surface area contributed by atoms with Crippen molar-refractivity contribution in [1.82, 2.24) is 4.90 Å². The summed E-state index contributed by atoms with van der Waals surface area (Å²) >= 11 is 0. The molecular formula is C14H20ClFN2O2. The Morgan fingerprint density at radius 2 is 2.25 bits per heavy atom. The Labute approximate surface area is 124 Å². The van der Waals surface area contributed by atoms with Gasteiger partial charge in [0.25, 0.3) is 5.91 Å². The molecule has 0 spiro atoms. The maximum Gasteiger partial charge on any atom is 0.256 e. The maximum absolute atomic E-state index is 13.8. The minimum atomic E-state index is -0.548. The number of ether oxygens (including phenoxy) is 1. The highest BCUT2D eigenvalue weighted by Crippen LogP contribution is 2.23. The number of nitrogens with two attached hydrogens (primary N) is 1. The molecule has 112 valence electrons. The molecule has 1 saturated heterocycles. The lowest BCUT2D eigenvalue weighted by Gasteiger charge is -2.18. The van der Waals surface area contributed by atoms with Crippen LogP contribution in [0.1, 0.15) is 23.7 Å². The first kappa shape index (κ1) is 16.7. The van der Waals surface area contributed by atoms with Crippen LogP contribution in [0.3, 0.4) is 0 Å². The second kappa shape index (κ2) is 6.90. The maximum atomic E-state index is 13.8. The summed E-state index contributed by atoms with van der Waals surface area (Å²) in [6.07, 6.45) is 0.876. The lowest BCUT2D eigenvalue weighted by Crippen LogP contribution is -2.33. The number of carbonyl (C=O) groups excluding carboxylic acids is 1. The van der Waals surface area contributed by atoms with E-state index in [9.17, 15) is 9.18 Å². The molecule has 0 radical (unpaired) electrons. The number of rotatable bonds is 3. The van der Waals surface area contributed by atoms with Crippen molar-refractivity contribution in [2.75, 3.05) is 20.2 Å². The van der Waals surface area contributed by atoms with Gasteiger partial charge in [0, 0.05) is 25.2 Å². The Hall–Kier alpha value is -1.33. The third kappa shape index (κ3) is 3.41. The first-order chi connectivity index (χ1) is 9.02. The highest BCUT2D eigenvalue weighted by Gasteiger charge is 2.30. The Balaban J connectivity index is 0.00000200. The van der Waals surface area contributed by atoms with Gasteiger partial charge in [0.2, 0.25) is 0 Å². The second-order valence-electron chi connectivity index (χ2n) is 5.00. The van der Waals surface area contributed by atoms with Gasteiger partial charge in [0.05, 0.1) is 12.7 Å². The second-order valence-corrected chi connectivity index (χ2v) is 5.00. The van der Waals surface area contributed by atoms with Crippen LogP contribution in [-0.4, -0.2) is 37.0 Å². The summed E-state index contributed by atoms with van der Waals surface area (Å²) in [6, 6.07) is 4.34. The molecule has 2 unspecified atom stereocenters. The quantitative estimate of drug-likeness (QED) is 0.930. The Morgan fingerprint density at radius 1 is 1.55 bits per heavy atom. The van der Waals surface area contributed by atoms with Crippen molar-refractivity contribution in [2.24, 2.45) is 11.7 Å². The Bertz CT molecular complexity index is 482. The predicted octanol–water partition coefficient (Wildman–Crippen LogP) is 2.07. The summed E-state index contributed by atoms with van der Waals surface area (Å²) in [4.78, 5) is 13.9. The summed E-state index contributed by atoms with van der Waals surface area (Å²) in [7, 11) is 1.46. The van der Waals surface area contributed by atoms with Gasteiger partial charge in [-0.15, -0.1) is 12.4 Å². The number of hydrogen-bond donors (Lipinski definition) is 1. The number of halogens is 2. The van der Waals surface area contributed by atoms with Crippen LogP contribution in [0, 0.1) is 11.7 Å². The lowest BCUT2D eigenvalue weighted by atomic mass is 10.0. The summed E-state index contributed by atoms with van der Waals surface area (Å²) < 4.78 is 18.8. The SMILES string of the molecule is COc1ccc(C(=O)N2CCC(C(C)N)C2)c(F)c1.Cl. The molecular weight excluding hydrogens is 283 g/mol. The van der Waals surface area contributed by atoms with Crippen molar-refractivity contribution in [3.8, 4) is 5.75 Å². The van der Waals surface area contributed by atoms with Crippen LogP contribution in [0.4, 0.5) is 4.39 Å². The summed E-state index contributed by atoms with van der Waals surface area (Å²) in [5.74, 6) is -0.119. The van der Waals surface area contributed by atoms with E-state index in [2.05, 4.69) is 0 Å². The zero-order valence-electron chi connectivity index (χ0n) is 11.6. The fraction of sp³-hybridized carbons (Fsp3) is 0.500. The fourth-order valence-corrected chi connectivity index (χ4v) is 2.37. The molecule has 1 aliphatic heterocycles. The van der Waals surface area contributed by atoms with Crippen LogP contribution in [0.5, 0.6) is 5.75 Å². The van der Waals surface area contributed by atoms with Gasteiger partial charge in [0.15, 0.2) is 0 Å². The molecule has 4 nitrogen and oxygen atoms in total. The molecule has 1 aliphatic rings. The Kier molecular flexibility index (Phi) is 5.77. The molecule has 2 N–H and O–H groups in total. The lowest BCUT2D eigenvalue weighted by molar-refractivity contribution is 0.0781. The van der Waals surface area contributed by atoms with Gasteiger partial charge in [-0.25, -0.2) is 4.39 Å². The summed E-state index contributed by atoms with van der Waals surface area (Å²) in [5.41, 5.74) is 5.93. The molecule has 1 heterocycles. The van der Waals surface area contributed by atoms with Crippen molar-refractivity contribution in [3.63, 3.8) is 0 Å². The van der Waals surface area contributed by atoms with Gasteiger partial charge in [0.1, 0.15) is 11.6 Å². The zero-order chi connectivity index (χ0) is 14.0. The highest BCUT2D eigenvalue weighted by molar-refractivity contribution is 5.94. The molecule has 1 amide bonds. The van der Waals surface area contributed by atoms with E-state index in [1.54, 1.807) is 11.0 Å². The normalized spacial score (nSPS) is 19.4. The van der Waals surface area contributed by atoms with E-state index in [1.807, 2.05) is 6.92 Å². The molecule has 1 aromatic carbocycles. The number of carbonyl (C=O) groups is 1. The smallest absolute Gasteiger partial charge is 0.256 e. The molecule has 1 fully saturated rings. The van der Waals surface area contributed by atoms with Crippen molar-refractivity contribution in [1.29, 1.82) is 0 Å². The molecule has 6 heteroatoms. The van der Waals surface area contributed by atoms with Gasteiger partial charge in [-0.05, 0) is 31.4 Å². The van der Waals surface area contributed by atoms with E-state index in [0.717, 1.165) is 6.42 Å². The molecule has 20 heavy (non-hydrogen) atoms. The van der Waals surface area contributed by atoms with Crippen molar-refractivity contribution in [3.05, 3.63) is 29.6 Å². The zero-order valence-corrected chi connectivity index (χ0v) is 12.5. The molecule has 0 aromatic heterocycles. The third-order valence-electron chi connectivity index (χ3n) is 3.66. The first-order valence-corrected chi connectivity index (χ1v) is 6.41. The van der Waals surface area contributed by atoms with Gasteiger partial charge in [-0.3, -0.25) is 4.79 Å². The largest absolute Gasteiger partial charge is 0.497 e. The van der Waals surface area contributed by atoms with Crippen LogP contribution in [0.25, 0.3) is 0 Å². The highest BCUT2D eigenvalue weighted by atomic mass is 35.5. The van der Waals surface area contributed by atoms with Crippen LogP contribution in [0.2, 0.25) is 0 Å². The van der Waals surface area contributed by atoms with E-state index in [4.69, 9.17) is 10.5 Å². The van der Waals surface area contributed by atoms with E-state index in [1.165, 1.54) is 19.2 Å². The van der Waals surface area contributed by atoms with E-state index in [0.29, 0.717) is 24.8 Å². The Morgan fingerprint density at radius 3 is 2.75 bits per heavy atom. The fourth-order valence-electron chi connectivity index (χ4n) is 2.37. The number of methoxy groups -OCH3 is 1. The molecule has 2 rings (SSSR count). The standard InChI is InChI=1S/C14H19FN2O2.ClH/c1-9(16)10-5-6-17(8-10)14(18)12-4-3-11(19-2)7-13(12)15;/h3-4,7,9-10H,5-6,8,16H2,1-2H3;1H. The van der Waals surface area contributed by atoms with E-state index < -0.39 is 5.82 Å².